The molecule has 16 heteroatoms. The lowest BCUT2D eigenvalue weighted by atomic mass is 9.79. The van der Waals surface area contributed by atoms with E-state index in [1.807, 2.05) is 38.1 Å². The number of nitrogens with zero attached hydrogens (tertiary/aromatic N) is 6. The number of anilines is 1. The molecule has 1 aliphatic rings. The number of amidine groups is 1. The number of aryl methyl sites for hydroxylation is 4. The molecular weight excluding hydrogens is 755 g/mol. The van der Waals surface area contributed by atoms with E-state index in [2.05, 4.69) is 25.9 Å². The van der Waals surface area contributed by atoms with Crippen LogP contribution in [0.4, 0.5) is 24.7 Å². The monoisotopic (exact) mass is 787 g/mol. The Morgan fingerprint density at radius 2 is 1.28 bits per heavy atom. The summed E-state index contributed by atoms with van der Waals surface area (Å²) in [5.41, 5.74) is 3.25. The maximum Gasteiger partial charge on any atom is 0.416 e. The number of aromatic nitrogens is 4. The van der Waals surface area contributed by atoms with E-state index in [1.54, 1.807) is 62.4 Å². The quantitative estimate of drug-likeness (QED) is 0.0683. The fourth-order valence-corrected chi connectivity index (χ4v) is 7.48. The molecule has 4 aromatic carbocycles. The van der Waals surface area contributed by atoms with Gasteiger partial charge in [-0.1, -0.05) is 77.0 Å². The van der Waals surface area contributed by atoms with E-state index in [0.717, 1.165) is 40.5 Å². The number of aliphatic imine (C=N–C) groups is 1. The van der Waals surface area contributed by atoms with Gasteiger partial charge in [0, 0.05) is 16.8 Å². The second-order valence-corrected chi connectivity index (χ2v) is 13.8. The normalized spacial score (nSPS) is 13.4. The summed E-state index contributed by atoms with van der Waals surface area (Å²) in [4.78, 5) is 34.2. The van der Waals surface area contributed by atoms with E-state index in [9.17, 15) is 27.9 Å². The third-order valence-electron chi connectivity index (χ3n) is 10.1. The number of carbonyl (C=O) groups excluding carboxylic acids is 2. The fourth-order valence-electron chi connectivity index (χ4n) is 7.48. The minimum Gasteiger partial charge on any atom is -0.846 e. The van der Waals surface area contributed by atoms with Crippen molar-refractivity contribution >= 4 is 29.4 Å². The van der Waals surface area contributed by atoms with Gasteiger partial charge in [0.25, 0.3) is 18.0 Å². The summed E-state index contributed by atoms with van der Waals surface area (Å²) in [6.07, 6.45) is -3.33. The van der Waals surface area contributed by atoms with Crippen LogP contribution in [-0.4, -0.2) is 38.3 Å². The summed E-state index contributed by atoms with van der Waals surface area (Å²) in [7, 11) is 0. The van der Waals surface area contributed by atoms with Crippen LogP contribution in [0.25, 0.3) is 22.3 Å². The van der Waals surface area contributed by atoms with Crippen molar-refractivity contribution in [3.8, 4) is 22.3 Å². The third kappa shape index (κ3) is 6.57. The SMILES string of the molecule is Cc1noc(C)c1-c1ccc(C(C[n+]2cc(N=C([O-])Nc3cccc(C(F)(F)F)c3)on2)(c2ccc(-c3c(C)noc3C)cc2)N2C(=O)c3ccccc3C2=O)cc1. The molecule has 0 spiro atoms. The Hall–Kier alpha value is -7.36. The first-order chi connectivity index (χ1) is 27.7. The Morgan fingerprint density at radius 3 is 1.76 bits per heavy atom. The summed E-state index contributed by atoms with van der Waals surface area (Å²) in [5, 5.41) is 27.5. The maximum absolute atomic E-state index is 14.6. The number of nitrogens with one attached hydrogen (secondary N) is 1. The van der Waals surface area contributed by atoms with Crippen molar-refractivity contribution in [1.82, 2.24) is 20.5 Å². The average Bonchev–Trinajstić information content (AvgIpc) is 3.95. The number of alkyl halides is 3. The Morgan fingerprint density at radius 1 is 0.741 bits per heavy atom. The van der Waals surface area contributed by atoms with Gasteiger partial charge < -0.3 is 19.5 Å². The van der Waals surface area contributed by atoms with Gasteiger partial charge in [-0.05, 0) is 85.0 Å². The molecule has 4 heterocycles. The van der Waals surface area contributed by atoms with E-state index in [0.29, 0.717) is 34.0 Å². The van der Waals surface area contributed by atoms with Crippen molar-refractivity contribution in [1.29, 1.82) is 0 Å². The van der Waals surface area contributed by atoms with Crippen LogP contribution in [0.5, 0.6) is 0 Å². The van der Waals surface area contributed by atoms with Crippen LogP contribution < -0.4 is 15.1 Å². The van der Waals surface area contributed by atoms with Gasteiger partial charge in [-0.3, -0.25) is 19.0 Å². The van der Waals surface area contributed by atoms with E-state index >= 15 is 0 Å². The van der Waals surface area contributed by atoms with Crippen LogP contribution in [-0.2, 0) is 18.3 Å². The van der Waals surface area contributed by atoms with Crippen molar-refractivity contribution in [2.24, 2.45) is 4.99 Å². The molecule has 0 aliphatic carbocycles. The minimum atomic E-state index is -4.62. The zero-order chi connectivity index (χ0) is 40.9. The van der Waals surface area contributed by atoms with Crippen LogP contribution in [0.2, 0.25) is 0 Å². The van der Waals surface area contributed by atoms with Gasteiger partial charge in [-0.2, -0.15) is 13.2 Å². The number of halogens is 3. The second-order valence-electron chi connectivity index (χ2n) is 13.8. The molecule has 1 N–H and O–H groups in total. The molecule has 0 saturated carbocycles. The Kier molecular flexibility index (Phi) is 9.26. The number of imide groups is 1. The molecular formula is C42H32F3N7O6. The number of hydrogen-bond donors (Lipinski definition) is 1. The van der Waals surface area contributed by atoms with Gasteiger partial charge in [-0.15, -0.1) is 0 Å². The highest BCUT2D eigenvalue weighted by Gasteiger charge is 2.54. The molecule has 0 radical (unpaired) electrons. The third-order valence-corrected chi connectivity index (χ3v) is 10.1. The molecule has 58 heavy (non-hydrogen) atoms. The van der Waals surface area contributed by atoms with Crippen LogP contribution in [0.1, 0.15) is 60.3 Å². The lowest BCUT2D eigenvalue weighted by Gasteiger charge is -2.38. The molecule has 7 aromatic rings. The average molecular weight is 788 g/mol. The van der Waals surface area contributed by atoms with Crippen molar-refractivity contribution in [3.63, 3.8) is 0 Å². The lowest BCUT2D eigenvalue weighted by Crippen LogP contribution is -2.58. The fraction of sp³-hybridized carbons (Fsp3) is 0.167. The molecule has 2 amide bonds. The number of fused-ring (bicyclic) bond motifs is 1. The predicted molar refractivity (Wildman–Crippen MR) is 199 cm³/mol. The number of hydrogen-bond acceptors (Lipinski definition) is 10. The molecule has 3 aromatic heterocycles. The van der Waals surface area contributed by atoms with Crippen molar-refractivity contribution in [2.45, 2.75) is 46.0 Å². The van der Waals surface area contributed by atoms with Crippen LogP contribution in [0.3, 0.4) is 0 Å². The van der Waals surface area contributed by atoms with Gasteiger partial charge in [0.1, 0.15) is 11.5 Å². The number of rotatable bonds is 9. The molecule has 292 valence electrons. The first kappa shape index (κ1) is 37.6. The molecule has 0 bridgehead atoms. The standard InChI is InChI=1S/C42H32F3N7O6/c1-23-36(25(3)56-48-23)27-12-16-29(17-13-27)41(52-38(53)33-10-5-6-11-34(33)39(52)54,30-18-14-28(15-19-30)37-24(2)49-57-26(37)4)22-51-21-35(58-50-51)47-40(55)46-32-9-7-8-31(20-32)42(43,44)45/h5-21H,22H2,1-4H3,(H-,46,47,50,55). The molecule has 0 atom stereocenters. The van der Waals surface area contributed by atoms with Gasteiger partial charge in [0.2, 0.25) is 11.8 Å². The zero-order valence-corrected chi connectivity index (χ0v) is 31.3. The second kappa shape index (κ2) is 14.3. The van der Waals surface area contributed by atoms with Gasteiger partial charge >= 0.3 is 12.1 Å². The van der Waals surface area contributed by atoms with Crippen molar-refractivity contribution < 1.29 is 46.1 Å². The van der Waals surface area contributed by atoms with Crippen LogP contribution >= 0.6 is 0 Å². The Bertz CT molecular complexity index is 2570. The Labute approximate surface area is 328 Å². The number of amides is 2. The maximum atomic E-state index is 14.6. The number of carbonyl (C=O) groups is 2. The van der Waals surface area contributed by atoms with Crippen LogP contribution in [0.15, 0.2) is 122 Å². The largest absolute Gasteiger partial charge is 0.846 e. The molecule has 0 unspecified atom stereocenters. The van der Waals surface area contributed by atoms with Gasteiger partial charge in [-0.25, -0.2) is 4.99 Å². The summed E-state index contributed by atoms with van der Waals surface area (Å²) in [5.74, 6) is -0.195. The van der Waals surface area contributed by atoms with E-state index in [4.69, 9.17) is 13.6 Å². The minimum absolute atomic E-state index is 0.138. The molecule has 0 fully saturated rings. The first-order valence-corrected chi connectivity index (χ1v) is 17.9. The highest BCUT2D eigenvalue weighted by Crippen LogP contribution is 2.44. The molecule has 0 saturated heterocycles. The predicted octanol–water partition coefficient (Wildman–Crippen LogP) is 7.22. The topological polar surface area (TPSA) is 167 Å². The molecule has 13 nitrogen and oxygen atoms in total. The van der Waals surface area contributed by atoms with Crippen LogP contribution in [0, 0.1) is 27.7 Å². The zero-order valence-electron chi connectivity index (χ0n) is 31.3. The lowest BCUT2D eigenvalue weighted by molar-refractivity contribution is -0.769. The smallest absolute Gasteiger partial charge is 0.416 e. The van der Waals surface area contributed by atoms with Gasteiger partial charge in [0.15, 0.2) is 5.54 Å². The molecule has 1 aliphatic heterocycles. The first-order valence-electron chi connectivity index (χ1n) is 17.9. The highest BCUT2D eigenvalue weighted by molar-refractivity contribution is 6.22. The number of benzene rings is 4. The van der Waals surface area contributed by atoms with E-state index < -0.39 is 35.1 Å². The molecule has 8 rings (SSSR count). The Balaban J connectivity index is 1.26. The summed E-state index contributed by atoms with van der Waals surface area (Å²) in [6.45, 7) is 7.02. The van der Waals surface area contributed by atoms with Crippen molar-refractivity contribution in [2.75, 3.05) is 5.32 Å². The van der Waals surface area contributed by atoms with E-state index in [-0.39, 0.29) is 29.2 Å². The summed E-state index contributed by atoms with van der Waals surface area (Å²) >= 11 is 0. The van der Waals surface area contributed by atoms with E-state index in [1.165, 1.54) is 21.8 Å². The van der Waals surface area contributed by atoms with Gasteiger partial charge in [0.05, 0.1) is 34.1 Å². The van der Waals surface area contributed by atoms with Crippen molar-refractivity contribution in [3.05, 3.63) is 154 Å². The summed E-state index contributed by atoms with van der Waals surface area (Å²) in [6, 6.07) is 24.2. The summed E-state index contributed by atoms with van der Waals surface area (Å²) < 4.78 is 57.4. The highest BCUT2D eigenvalue weighted by atomic mass is 19.4.